The van der Waals surface area contributed by atoms with E-state index in [2.05, 4.69) is 9.88 Å². The summed E-state index contributed by atoms with van der Waals surface area (Å²) >= 11 is 6.34. The number of ether oxygens (including phenoxy) is 1. The normalized spacial score (nSPS) is 17.5. The van der Waals surface area contributed by atoms with Crippen LogP contribution in [-0.2, 0) is 4.74 Å². The maximum Gasteiger partial charge on any atom is 0.410 e. The number of halogens is 1. The third kappa shape index (κ3) is 5.99. The Kier molecular flexibility index (Phi) is 7.15. The van der Waals surface area contributed by atoms with Crippen molar-refractivity contribution < 1.29 is 14.3 Å². The van der Waals surface area contributed by atoms with Gasteiger partial charge in [0.15, 0.2) is 0 Å². The Balaban J connectivity index is 2.09. The van der Waals surface area contributed by atoms with Crippen LogP contribution in [-0.4, -0.2) is 53.2 Å². The monoisotopic (exact) mass is 410 g/mol. The highest BCUT2D eigenvalue weighted by Crippen LogP contribution is 2.29. The van der Waals surface area contributed by atoms with Crippen molar-refractivity contribution in [2.75, 3.05) is 24.5 Å². The maximum atomic E-state index is 12.6. The van der Waals surface area contributed by atoms with E-state index in [4.69, 9.17) is 22.1 Å². The summed E-state index contributed by atoms with van der Waals surface area (Å²) in [5.41, 5.74) is 5.05. The average Bonchev–Trinajstić information content (AvgIpc) is 2.57. The van der Waals surface area contributed by atoms with Gasteiger partial charge in [-0.25, -0.2) is 9.78 Å². The van der Waals surface area contributed by atoms with Crippen LogP contribution in [0.25, 0.3) is 0 Å². The third-order valence-corrected chi connectivity index (χ3v) is 4.91. The van der Waals surface area contributed by atoms with Gasteiger partial charge in [-0.15, -0.1) is 0 Å². The molecule has 0 aromatic carbocycles. The lowest BCUT2D eigenvalue weighted by Gasteiger charge is -2.38. The Labute approximate surface area is 172 Å². The molecule has 2 N–H and O–H groups in total. The number of hydrogen-bond donors (Lipinski definition) is 1. The van der Waals surface area contributed by atoms with Crippen molar-refractivity contribution in [1.29, 1.82) is 0 Å². The quantitative estimate of drug-likeness (QED) is 0.799. The van der Waals surface area contributed by atoms with Gasteiger partial charge in [0.2, 0.25) is 5.91 Å². The van der Waals surface area contributed by atoms with Crippen molar-refractivity contribution in [2.45, 2.75) is 59.1 Å². The van der Waals surface area contributed by atoms with Gasteiger partial charge >= 0.3 is 6.09 Å². The van der Waals surface area contributed by atoms with Crippen LogP contribution in [0, 0.1) is 5.92 Å². The molecule has 0 spiro atoms. The molecule has 2 heterocycles. The molecule has 0 aliphatic carbocycles. The molecule has 1 aromatic rings. The van der Waals surface area contributed by atoms with Crippen LogP contribution < -0.4 is 10.6 Å². The number of primary amides is 1. The molecule has 0 saturated carbocycles. The summed E-state index contributed by atoms with van der Waals surface area (Å²) in [4.78, 5) is 32.1. The zero-order valence-electron chi connectivity index (χ0n) is 17.4. The zero-order chi connectivity index (χ0) is 21.1. The highest BCUT2D eigenvalue weighted by molar-refractivity contribution is 6.33. The topological polar surface area (TPSA) is 88.8 Å². The standard InChI is InChI=1S/C20H31ClN4O3/c1-13(2)25(19(27)28-20(3,4)5)12-14-7-6-8-24(11-14)18-16(21)9-15(10-23-18)17(22)26/h9-10,13-14H,6-8,11-12H2,1-5H3,(H2,22,26). The van der Waals surface area contributed by atoms with Crippen LogP contribution in [0.4, 0.5) is 10.6 Å². The van der Waals surface area contributed by atoms with Gasteiger partial charge in [-0.3, -0.25) is 4.79 Å². The van der Waals surface area contributed by atoms with Crippen molar-refractivity contribution in [3.63, 3.8) is 0 Å². The fourth-order valence-electron chi connectivity index (χ4n) is 3.30. The molecule has 156 valence electrons. The van der Waals surface area contributed by atoms with Crippen LogP contribution in [0.3, 0.4) is 0 Å². The van der Waals surface area contributed by atoms with Crippen LogP contribution in [0.1, 0.15) is 57.8 Å². The van der Waals surface area contributed by atoms with Gasteiger partial charge in [-0.2, -0.15) is 0 Å². The van der Waals surface area contributed by atoms with Gasteiger partial charge in [0, 0.05) is 31.9 Å². The number of carbonyl (C=O) groups excluding carboxylic acids is 2. The van der Waals surface area contributed by atoms with Gasteiger partial charge in [0.1, 0.15) is 11.4 Å². The number of aromatic nitrogens is 1. The molecule has 1 fully saturated rings. The molecule has 1 saturated heterocycles. The molecule has 28 heavy (non-hydrogen) atoms. The molecule has 1 unspecified atom stereocenters. The third-order valence-electron chi connectivity index (χ3n) is 4.63. The van der Waals surface area contributed by atoms with Gasteiger partial charge in [-0.05, 0) is 59.4 Å². The first-order valence-electron chi connectivity index (χ1n) is 9.68. The summed E-state index contributed by atoms with van der Waals surface area (Å²) in [6.45, 7) is 11.8. The zero-order valence-corrected chi connectivity index (χ0v) is 18.1. The van der Waals surface area contributed by atoms with Crippen LogP contribution in [0.15, 0.2) is 12.3 Å². The molecule has 0 radical (unpaired) electrons. The second kappa shape index (κ2) is 8.99. The van der Waals surface area contributed by atoms with E-state index < -0.39 is 11.5 Å². The predicted molar refractivity (Wildman–Crippen MR) is 111 cm³/mol. The van der Waals surface area contributed by atoms with E-state index in [0.717, 1.165) is 25.9 Å². The van der Waals surface area contributed by atoms with E-state index >= 15 is 0 Å². The van der Waals surface area contributed by atoms with E-state index in [1.54, 1.807) is 11.0 Å². The molecule has 8 heteroatoms. The molecule has 1 aromatic heterocycles. The Morgan fingerprint density at radius 2 is 2.11 bits per heavy atom. The number of rotatable bonds is 5. The molecule has 1 aliphatic rings. The Morgan fingerprint density at radius 1 is 1.43 bits per heavy atom. The number of carbonyl (C=O) groups is 2. The SMILES string of the molecule is CC(C)N(CC1CCCN(c2ncc(C(N)=O)cc2Cl)C1)C(=O)OC(C)(C)C. The Hall–Kier alpha value is -2.02. The van der Waals surface area contributed by atoms with Crippen molar-refractivity contribution in [2.24, 2.45) is 11.7 Å². The number of nitrogens with two attached hydrogens (primary N) is 1. The average molecular weight is 411 g/mol. The van der Waals surface area contributed by atoms with Crippen LogP contribution in [0.2, 0.25) is 5.02 Å². The van der Waals surface area contributed by atoms with Crippen LogP contribution in [0.5, 0.6) is 0 Å². The van der Waals surface area contributed by atoms with Gasteiger partial charge in [0.25, 0.3) is 0 Å². The summed E-state index contributed by atoms with van der Waals surface area (Å²) in [6, 6.07) is 1.60. The summed E-state index contributed by atoms with van der Waals surface area (Å²) in [7, 11) is 0. The molecule has 0 bridgehead atoms. The maximum absolute atomic E-state index is 12.6. The number of anilines is 1. The first-order chi connectivity index (χ1) is 13.0. The fourth-order valence-corrected chi connectivity index (χ4v) is 3.59. The molecule has 7 nitrogen and oxygen atoms in total. The number of hydrogen-bond acceptors (Lipinski definition) is 5. The van der Waals surface area contributed by atoms with E-state index in [1.165, 1.54) is 6.20 Å². The predicted octanol–water partition coefficient (Wildman–Crippen LogP) is 3.70. The van der Waals surface area contributed by atoms with E-state index in [9.17, 15) is 9.59 Å². The lowest BCUT2D eigenvalue weighted by atomic mass is 9.97. The minimum atomic E-state index is -0.553. The lowest BCUT2D eigenvalue weighted by Crippen LogP contribution is -2.47. The highest BCUT2D eigenvalue weighted by Gasteiger charge is 2.29. The highest BCUT2D eigenvalue weighted by atomic mass is 35.5. The molecule has 1 atom stereocenters. The first-order valence-corrected chi connectivity index (χ1v) is 10.1. The summed E-state index contributed by atoms with van der Waals surface area (Å²) in [5.74, 6) is 0.365. The summed E-state index contributed by atoms with van der Waals surface area (Å²) < 4.78 is 5.57. The molecular weight excluding hydrogens is 380 g/mol. The van der Waals surface area contributed by atoms with E-state index in [1.807, 2.05) is 34.6 Å². The molecule has 1 aliphatic heterocycles. The number of pyridine rings is 1. The van der Waals surface area contributed by atoms with E-state index in [0.29, 0.717) is 22.9 Å². The second-order valence-electron chi connectivity index (χ2n) is 8.57. The largest absolute Gasteiger partial charge is 0.444 e. The van der Waals surface area contributed by atoms with Crippen LogP contribution >= 0.6 is 11.6 Å². The number of piperidine rings is 1. The van der Waals surface area contributed by atoms with Gasteiger partial charge in [-0.1, -0.05) is 11.6 Å². The van der Waals surface area contributed by atoms with Crippen molar-refractivity contribution in [3.05, 3.63) is 22.8 Å². The van der Waals surface area contributed by atoms with Crippen molar-refractivity contribution in [3.8, 4) is 0 Å². The summed E-state index contributed by atoms with van der Waals surface area (Å²) in [6.07, 6.45) is 3.15. The minimum absolute atomic E-state index is 0.0433. The molecule has 2 amide bonds. The summed E-state index contributed by atoms with van der Waals surface area (Å²) in [5, 5.41) is 0.407. The van der Waals surface area contributed by atoms with Crippen molar-refractivity contribution >= 4 is 29.4 Å². The fraction of sp³-hybridized carbons (Fsp3) is 0.650. The Bertz CT molecular complexity index is 718. The number of amides is 2. The first kappa shape index (κ1) is 22.3. The number of nitrogens with zero attached hydrogens (tertiary/aromatic N) is 3. The smallest absolute Gasteiger partial charge is 0.410 e. The lowest BCUT2D eigenvalue weighted by molar-refractivity contribution is 0.0151. The van der Waals surface area contributed by atoms with Gasteiger partial charge in [0.05, 0.1) is 10.6 Å². The minimum Gasteiger partial charge on any atom is -0.444 e. The van der Waals surface area contributed by atoms with Crippen molar-refractivity contribution in [1.82, 2.24) is 9.88 Å². The van der Waals surface area contributed by atoms with E-state index in [-0.39, 0.29) is 18.1 Å². The second-order valence-corrected chi connectivity index (χ2v) is 8.98. The molecular formula is C20H31ClN4O3. The van der Waals surface area contributed by atoms with Gasteiger partial charge < -0.3 is 20.3 Å². The molecule has 2 rings (SSSR count). The Morgan fingerprint density at radius 3 is 2.64 bits per heavy atom.